The first-order chi connectivity index (χ1) is 8.34. The molecule has 0 saturated carbocycles. The van der Waals surface area contributed by atoms with E-state index in [1.165, 1.54) is 6.20 Å². The van der Waals surface area contributed by atoms with Crippen molar-refractivity contribution >= 4 is 22.1 Å². The molecule has 0 amide bonds. The number of allylic oxidation sites excluding steroid dienone is 3. The highest BCUT2D eigenvalue weighted by Crippen LogP contribution is 2.26. The molecule has 0 bridgehead atoms. The van der Waals surface area contributed by atoms with Gasteiger partial charge in [-0.15, -0.1) is 0 Å². The Bertz CT molecular complexity index is 456. The van der Waals surface area contributed by atoms with Gasteiger partial charge in [0.1, 0.15) is 11.5 Å². The Morgan fingerprint density at radius 2 is 2.22 bits per heavy atom. The Labute approximate surface area is 115 Å². The highest BCUT2D eigenvalue weighted by atomic mass is 79.9. The van der Waals surface area contributed by atoms with Gasteiger partial charge in [-0.2, -0.15) is 8.78 Å². The summed E-state index contributed by atoms with van der Waals surface area (Å²) in [5.74, 6) is -2.37. The molecule has 0 aromatic carbocycles. The van der Waals surface area contributed by atoms with Gasteiger partial charge in [-0.1, -0.05) is 25.5 Å². The number of aryl methyl sites for hydroxylation is 1. The third kappa shape index (κ3) is 4.37. The molecule has 5 heteroatoms. The van der Waals surface area contributed by atoms with Crippen LogP contribution in [0.3, 0.4) is 0 Å². The molecule has 0 unspecified atom stereocenters. The maximum Gasteiger partial charge on any atom is 0.288 e. The normalized spacial score (nSPS) is 13.6. The summed E-state index contributed by atoms with van der Waals surface area (Å²) >= 11 is 3.38. The second-order valence-electron chi connectivity index (χ2n) is 4.17. The first-order valence-corrected chi connectivity index (χ1v) is 6.61. The van der Waals surface area contributed by atoms with Gasteiger partial charge < -0.3 is 4.57 Å². The van der Waals surface area contributed by atoms with E-state index in [0.29, 0.717) is 5.82 Å². The van der Waals surface area contributed by atoms with E-state index in [2.05, 4.69) is 27.8 Å². The highest BCUT2D eigenvalue weighted by molar-refractivity contribution is 9.12. The standard InChI is InChI=1S/C13H17BrF2N2/c1-4-5-6-7-11(14)8-18-9-12(13(3,15)16)17-10(18)2/h6-9H,4-5H2,1-3H3/b7-6+,11-8+. The fraction of sp³-hybridized carbons (Fsp3) is 0.462. The van der Waals surface area contributed by atoms with Crippen LogP contribution in [0.15, 0.2) is 22.8 Å². The molecule has 0 fully saturated rings. The van der Waals surface area contributed by atoms with Crippen molar-refractivity contribution in [2.24, 2.45) is 0 Å². The summed E-state index contributed by atoms with van der Waals surface area (Å²) in [6, 6.07) is 0. The lowest BCUT2D eigenvalue weighted by Crippen LogP contribution is -2.07. The SMILES string of the molecule is CCC/C=C/C(Br)=C\n1cc(C(C)(F)F)nc1C. The van der Waals surface area contributed by atoms with Crippen molar-refractivity contribution in [3.05, 3.63) is 34.3 Å². The zero-order valence-corrected chi connectivity index (χ0v) is 12.3. The second-order valence-corrected chi connectivity index (χ2v) is 5.09. The second kappa shape index (κ2) is 6.27. The zero-order valence-electron chi connectivity index (χ0n) is 10.8. The third-order valence-electron chi connectivity index (χ3n) is 2.36. The molecule has 1 aromatic heterocycles. The van der Waals surface area contributed by atoms with Crippen molar-refractivity contribution in [3.8, 4) is 0 Å². The lowest BCUT2D eigenvalue weighted by Gasteiger charge is -2.04. The van der Waals surface area contributed by atoms with Crippen LogP contribution < -0.4 is 0 Å². The van der Waals surface area contributed by atoms with Gasteiger partial charge in [0.2, 0.25) is 0 Å². The molecule has 0 N–H and O–H groups in total. The van der Waals surface area contributed by atoms with E-state index in [1.807, 2.05) is 12.2 Å². The summed E-state index contributed by atoms with van der Waals surface area (Å²) in [6.45, 7) is 4.64. The van der Waals surface area contributed by atoms with Crippen molar-refractivity contribution in [1.82, 2.24) is 9.55 Å². The number of aromatic nitrogens is 2. The molecule has 2 nitrogen and oxygen atoms in total. The first kappa shape index (κ1) is 15.1. The summed E-state index contributed by atoms with van der Waals surface area (Å²) in [5, 5.41) is 0. The monoisotopic (exact) mass is 318 g/mol. The summed E-state index contributed by atoms with van der Waals surface area (Å²) in [4.78, 5) is 3.85. The van der Waals surface area contributed by atoms with Crippen LogP contribution in [0.4, 0.5) is 8.78 Å². The lowest BCUT2D eigenvalue weighted by atomic mass is 10.3. The van der Waals surface area contributed by atoms with Crippen LogP contribution in [-0.2, 0) is 5.92 Å². The van der Waals surface area contributed by atoms with Crippen LogP contribution in [0.2, 0.25) is 0 Å². The minimum Gasteiger partial charge on any atom is -0.309 e. The van der Waals surface area contributed by atoms with Gasteiger partial charge in [0.15, 0.2) is 0 Å². The van der Waals surface area contributed by atoms with Crippen molar-refractivity contribution < 1.29 is 8.78 Å². The van der Waals surface area contributed by atoms with Crippen LogP contribution >= 0.6 is 15.9 Å². The molecule has 0 aliphatic rings. The van der Waals surface area contributed by atoms with Gasteiger partial charge in [0.05, 0.1) is 0 Å². The third-order valence-corrected chi connectivity index (χ3v) is 2.83. The summed E-state index contributed by atoms with van der Waals surface area (Å²) in [7, 11) is 0. The molecule has 0 atom stereocenters. The summed E-state index contributed by atoms with van der Waals surface area (Å²) in [6.07, 6.45) is 9.08. The molecule has 0 aliphatic carbocycles. The minimum absolute atomic E-state index is 0.214. The average molecular weight is 319 g/mol. The van der Waals surface area contributed by atoms with Crippen LogP contribution in [0.1, 0.15) is 38.2 Å². The van der Waals surface area contributed by atoms with Crippen molar-refractivity contribution in [2.75, 3.05) is 0 Å². The number of hydrogen-bond acceptors (Lipinski definition) is 1. The number of halogens is 3. The number of imidazole rings is 1. The van der Waals surface area contributed by atoms with Crippen molar-refractivity contribution in [1.29, 1.82) is 0 Å². The molecule has 1 rings (SSSR count). The molecule has 0 spiro atoms. The predicted octanol–water partition coefficient (Wildman–Crippen LogP) is 4.85. The largest absolute Gasteiger partial charge is 0.309 e. The zero-order chi connectivity index (χ0) is 13.8. The van der Waals surface area contributed by atoms with E-state index >= 15 is 0 Å². The number of nitrogens with zero attached hydrogens (tertiary/aromatic N) is 2. The Morgan fingerprint density at radius 3 is 2.72 bits per heavy atom. The van der Waals surface area contributed by atoms with Gasteiger partial charge in [-0.25, -0.2) is 4.98 Å². The fourth-order valence-electron chi connectivity index (χ4n) is 1.37. The molecular weight excluding hydrogens is 302 g/mol. The molecule has 18 heavy (non-hydrogen) atoms. The summed E-state index contributed by atoms with van der Waals surface area (Å²) in [5.41, 5.74) is -0.214. The lowest BCUT2D eigenvalue weighted by molar-refractivity contribution is 0.0131. The van der Waals surface area contributed by atoms with E-state index in [0.717, 1.165) is 24.2 Å². The smallest absolute Gasteiger partial charge is 0.288 e. The molecular formula is C13H17BrF2N2. The number of alkyl halides is 2. The summed E-state index contributed by atoms with van der Waals surface area (Å²) < 4.78 is 28.6. The van der Waals surface area contributed by atoms with E-state index in [1.54, 1.807) is 17.7 Å². The molecule has 0 aliphatic heterocycles. The molecule has 0 radical (unpaired) electrons. The quantitative estimate of drug-likeness (QED) is 0.709. The van der Waals surface area contributed by atoms with Crippen molar-refractivity contribution in [2.45, 2.75) is 39.5 Å². The highest BCUT2D eigenvalue weighted by Gasteiger charge is 2.27. The van der Waals surface area contributed by atoms with Crippen LogP contribution in [0.25, 0.3) is 6.20 Å². The average Bonchev–Trinajstić information content (AvgIpc) is 2.60. The topological polar surface area (TPSA) is 17.8 Å². The van der Waals surface area contributed by atoms with Gasteiger partial charge in [-0.3, -0.25) is 0 Å². The van der Waals surface area contributed by atoms with Gasteiger partial charge in [0, 0.05) is 23.8 Å². The number of unbranched alkanes of at least 4 members (excludes halogenated alkanes) is 1. The van der Waals surface area contributed by atoms with Crippen LogP contribution in [0.5, 0.6) is 0 Å². The number of hydrogen-bond donors (Lipinski definition) is 0. The molecule has 100 valence electrons. The Hall–Kier alpha value is -0.970. The predicted molar refractivity (Wildman–Crippen MR) is 73.8 cm³/mol. The Morgan fingerprint density at radius 1 is 1.56 bits per heavy atom. The molecule has 0 saturated heterocycles. The van der Waals surface area contributed by atoms with Gasteiger partial charge in [-0.05, 0) is 29.3 Å². The maximum atomic E-state index is 13.1. The van der Waals surface area contributed by atoms with Crippen LogP contribution in [0, 0.1) is 6.92 Å². The van der Waals surface area contributed by atoms with Crippen molar-refractivity contribution in [3.63, 3.8) is 0 Å². The molecule has 1 aromatic rings. The maximum absolute atomic E-state index is 13.1. The van der Waals surface area contributed by atoms with Crippen LogP contribution in [-0.4, -0.2) is 9.55 Å². The fourth-order valence-corrected chi connectivity index (χ4v) is 1.77. The van der Waals surface area contributed by atoms with Gasteiger partial charge >= 0.3 is 0 Å². The van der Waals surface area contributed by atoms with E-state index < -0.39 is 5.92 Å². The van der Waals surface area contributed by atoms with Gasteiger partial charge in [0.25, 0.3) is 5.92 Å². The first-order valence-electron chi connectivity index (χ1n) is 5.82. The molecule has 1 heterocycles. The number of rotatable bonds is 5. The minimum atomic E-state index is -2.91. The Kier molecular flexibility index (Phi) is 5.26. The van der Waals surface area contributed by atoms with E-state index in [-0.39, 0.29) is 5.69 Å². The van der Waals surface area contributed by atoms with E-state index in [9.17, 15) is 8.78 Å². The Balaban J connectivity index is 2.91. The van der Waals surface area contributed by atoms with E-state index in [4.69, 9.17) is 0 Å².